The minimum atomic E-state index is -0.229. The molecule has 0 saturated carbocycles. The number of benzene rings is 3. The van der Waals surface area contributed by atoms with Gasteiger partial charge < -0.3 is 16.0 Å². The molecule has 3 aromatic carbocycles. The van der Waals surface area contributed by atoms with Crippen LogP contribution >= 0.6 is 0 Å². The Balaban J connectivity index is 1.67. The predicted molar refractivity (Wildman–Crippen MR) is 123 cm³/mol. The second-order valence-electron chi connectivity index (χ2n) is 7.54. The topological polar surface area (TPSA) is 70.2 Å². The Morgan fingerprint density at radius 3 is 2.07 bits per heavy atom. The van der Waals surface area contributed by atoms with Crippen LogP contribution in [0.1, 0.15) is 32.6 Å². The van der Waals surface area contributed by atoms with Crippen LogP contribution in [0.2, 0.25) is 0 Å². The van der Waals surface area contributed by atoms with E-state index in [1.807, 2.05) is 70.2 Å². The van der Waals surface area contributed by atoms with Gasteiger partial charge in [0.25, 0.3) is 5.91 Å². The summed E-state index contributed by atoms with van der Waals surface area (Å²) in [6.07, 6.45) is 0. The maximum Gasteiger partial charge on any atom is 0.257 e. The number of hydrogen-bond donors (Lipinski definition) is 3. The van der Waals surface area contributed by atoms with Crippen molar-refractivity contribution in [1.82, 2.24) is 0 Å². The third-order valence-corrected chi connectivity index (χ3v) is 4.86. The minimum Gasteiger partial charge on any atom is -0.376 e. The number of amides is 2. The van der Waals surface area contributed by atoms with Crippen LogP contribution in [0, 0.1) is 27.7 Å². The van der Waals surface area contributed by atoms with Crippen LogP contribution in [0.25, 0.3) is 0 Å². The van der Waals surface area contributed by atoms with Crippen molar-refractivity contribution in [3.8, 4) is 0 Å². The molecule has 0 unspecified atom stereocenters. The molecule has 154 valence electrons. The Morgan fingerprint density at radius 1 is 0.767 bits per heavy atom. The number of carbonyl (C=O) groups excluding carboxylic acids is 2. The van der Waals surface area contributed by atoms with Crippen LogP contribution < -0.4 is 16.0 Å². The van der Waals surface area contributed by atoms with E-state index in [-0.39, 0.29) is 18.4 Å². The summed E-state index contributed by atoms with van der Waals surface area (Å²) in [5, 5.41) is 8.95. The fraction of sp³-hybridized carbons (Fsp3) is 0.200. The van der Waals surface area contributed by atoms with Crippen molar-refractivity contribution in [3.05, 3.63) is 88.5 Å². The van der Waals surface area contributed by atoms with Crippen LogP contribution in [-0.2, 0) is 4.79 Å². The van der Waals surface area contributed by atoms with Crippen LogP contribution in [0.3, 0.4) is 0 Å². The first-order valence-electron chi connectivity index (χ1n) is 9.92. The number of nitrogens with one attached hydrogen (secondary N) is 3. The largest absolute Gasteiger partial charge is 0.376 e. The lowest BCUT2D eigenvalue weighted by molar-refractivity contribution is -0.114. The predicted octanol–water partition coefficient (Wildman–Crippen LogP) is 5.22. The van der Waals surface area contributed by atoms with Crippen molar-refractivity contribution in [2.45, 2.75) is 27.7 Å². The first-order valence-corrected chi connectivity index (χ1v) is 9.92. The van der Waals surface area contributed by atoms with Crippen molar-refractivity contribution >= 4 is 28.9 Å². The highest BCUT2D eigenvalue weighted by Crippen LogP contribution is 2.22. The van der Waals surface area contributed by atoms with Gasteiger partial charge in [-0.25, -0.2) is 0 Å². The molecule has 2 amide bonds. The zero-order chi connectivity index (χ0) is 21.7. The molecule has 0 aromatic heterocycles. The first kappa shape index (κ1) is 21.1. The summed E-state index contributed by atoms with van der Waals surface area (Å²) in [6.45, 7) is 8.05. The van der Waals surface area contributed by atoms with Gasteiger partial charge in [-0.3, -0.25) is 9.59 Å². The Kier molecular flexibility index (Phi) is 6.52. The van der Waals surface area contributed by atoms with Gasteiger partial charge in [0.05, 0.1) is 12.1 Å². The average molecular weight is 402 g/mol. The van der Waals surface area contributed by atoms with E-state index in [0.717, 1.165) is 33.6 Å². The number of anilines is 3. The first-order chi connectivity index (χ1) is 14.3. The fourth-order valence-electron chi connectivity index (χ4n) is 3.41. The molecule has 3 rings (SSSR count). The van der Waals surface area contributed by atoms with Crippen molar-refractivity contribution < 1.29 is 9.59 Å². The van der Waals surface area contributed by atoms with Crippen molar-refractivity contribution in [3.63, 3.8) is 0 Å². The molecule has 3 aromatic rings. The van der Waals surface area contributed by atoms with Crippen molar-refractivity contribution in [1.29, 1.82) is 0 Å². The Bertz CT molecular complexity index is 1050. The SMILES string of the molecule is Cc1ccc(NC(=O)c2ccccc2NCC(=O)Nc2c(C)cc(C)cc2C)cc1. The molecule has 0 fully saturated rings. The molecule has 0 radical (unpaired) electrons. The molecule has 0 aliphatic rings. The van der Waals surface area contributed by atoms with Crippen molar-refractivity contribution in [2.75, 3.05) is 22.5 Å². The second kappa shape index (κ2) is 9.27. The molecule has 5 nitrogen and oxygen atoms in total. The fourth-order valence-corrected chi connectivity index (χ4v) is 3.41. The minimum absolute atomic E-state index is 0.0571. The molecule has 0 heterocycles. The number of hydrogen-bond acceptors (Lipinski definition) is 3. The molecule has 0 atom stereocenters. The smallest absolute Gasteiger partial charge is 0.257 e. The highest BCUT2D eigenvalue weighted by Gasteiger charge is 2.13. The van der Waals surface area contributed by atoms with Crippen LogP contribution in [0.4, 0.5) is 17.1 Å². The lowest BCUT2D eigenvalue weighted by Gasteiger charge is -2.15. The van der Waals surface area contributed by atoms with Crippen LogP contribution in [0.5, 0.6) is 0 Å². The van der Waals surface area contributed by atoms with Gasteiger partial charge in [0.2, 0.25) is 5.91 Å². The number of aryl methyl sites for hydroxylation is 4. The number of carbonyl (C=O) groups is 2. The summed E-state index contributed by atoms with van der Waals surface area (Å²) in [5.74, 6) is -0.397. The maximum atomic E-state index is 12.7. The van der Waals surface area contributed by atoms with E-state index >= 15 is 0 Å². The van der Waals surface area contributed by atoms with Crippen molar-refractivity contribution in [2.24, 2.45) is 0 Å². The standard InChI is InChI=1S/C25H27N3O2/c1-16-9-11-20(12-10-16)27-25(30)21-7-5-6-8-22(21)26-15-23(29)28-24-18(3)13-17(2)14-19(24)4/h5-14,26H,15H2,1-4H3,(H,27,30)(H,28,29). The van der Waals surface area contributed by atoms with Gasteiger partial charge in [-0.15, -0.1) is 0 Å². The Labute approximate surface area is 177 Å². The van der Waals surface area contributed by atoms with E-state index in [2.05, 4.69) is 16.0 Å². The average Bonchev–Trinajstić information content (AvgIpc) is 2.71. The molecule has 0 aliphatic heterocycles. The van der Waals surface area contributed by atoms with E-state index in [4.69, 9.17) is 0 Å². The van der Waals surface area contributed by atoms with Gasteiger partial charge in [-0.05, 0) is 63.1 Å². The van der Waals surface area contributed by atoms with E-state index in [1.165, 1.54) is 0 Å². The Hall–Kier alpha value is -3.60. The summed E-state index contributed by atoms with van der Waals surface area (Å²) in [5.41, 5.74) is 6.98. The zero-order valence-corrected chi connectivity index (χ0v) is 17.8. The summed E-state index contributed by atoms with van der Waals surface area (Å²) >= 11 is 0. The van der Waals surface area contributed by atoms with Gasteiger partial charge in [-0.2, -0.15) is 0 Å². The lowest BCUT2D eigenvalue weighted by Crippen LogP contribution is -2.24. The van der Waals surface area contributed by atoms with Gasteiger partial charge in [0.1, 0.15) is 0 Å². The van der Waals surface area contributed by atoms with Gasteiger partial charge >= 0.3 is 0 Å². The molecular formula is C25H27N3O2. The summed E-state index contributed by atoms with van der Waals surface area (Å²) in [6, 6.07) is 18.9. The molecule has 0 saturated heterocycles. The third kappa shape index (κ3) is 5.26. The normalized spacial score (nSPS) is 10.4. The highest BCUT2D eigenvalue weighted by molar-refractivity contribution is 6.08. The molecule has 3 N–H and O–H groups in total. The molecule has 0 aliphatic carbocycles. The Morgan fingerprint density at radius 2 is 1.40 bits per heavy atom. The van der Waals surface area contributed by atoms with Gasteiger partial charge in [0.15, 0.2) is 0 Å². The van der Waals surface area contributed by atoms with Crippen LogP contribution in [-0.4, -0.2) is 18.4 Å². The number of rotatable bonds is 6. The van der Waals surface area contributed by atoms with E-state index < -0.39 is 0 Å². The summed E-state index contributed by atoms with van der Waals surface area (Å²) < 4.78 is 0. The molecule has 30 heavy (non-hydrogen) atoms. The molecule has 0 bridgehead atoms. The van der Waals surface area contributed by atoms with E-state index in [0.29, 0.717) is 11.3 Å². The van der Waals surface area contributed by atoms with Gasteiger partial charge in [0, 0.05) is 17.1 Å². The second-order valence-corrected chi connectivity index (χ2v) is 7.54. The van der Waals surface area contributed by atoms with Crippen LogP contribution in [0.15, 0.2) is 60.7 Å². The quantitative estimate of drug-likeness (QED) is 0.530. The zero-order valence-electron chi connectivity index (χ0n) is 17.8. The molecular weight excluding hydrogens is 374 g/mol. The molecule has 0 spiro atoms. The monoisotopic (exact) mass is 401 g/mol. The summed E-state index contributed by atoms with van der Waals surface area (Å²) in [7, 11) is 0. The number of para-hydroxylation sites is 1. The molecule has 5 heteroatoms. The van der Waals surface area contributed by atoms with E-state index in [9.17, 15) is 9.59 Å². The maximum absolute atomic E-state index is 12.7. The van der Waals surface area contributed by atoms with Gasteiger partial charge in [-0.1, -0.05) is 47.5 Å². The summed E-state index contributed by atoms with van der Waals surface area (Å²) in [4.78, 5) is 25.2. The lowest BCUT2D eigenvalue weighted by atomic mass is 10.1. The third-order valence-electron chi connectivity index (χ3n) is 4.86. The highest BCUT2D eigenvalue weighted by atomic mass is 16.2. The van der Waals surface area contributed by atoms with E-state index in [1.54, 1.807) is 18.2 Å².